The number of allylic oxidation sites excluding steroid dienone is 1. The lowest BCUT2D eigenvalue weighted by Crippen LogP contribution is -1.85. The van der Waals surface area contributed by atoms with Gasteiger partial charge < -0.3 is 4.42 Å². The van der Waals surface area contributed by atoms with Gasteiger partial charge in [-0.2, -0.15) is 0 Å². The Morgan fingerprint density at radius 2 is 1.86 bits per heavy atom. The van der Waals surface area contributed by atoms with Crippen molar-refractivity contribution in [3.8, 4) is 0 Å². The Bertz CT molecular complexity index is 803. The number of fused-ring (bicyclic) bond motifs is 3. The van der Waals surface area contributed by atoms with Gasteiger partial charge in [-0.3, -0.25) is 0 Å². The number of benzene rings is 2. The molecule has 0 aliphatic rings. The van der Waals surface area contributed by atoms with E-state index >= 15 is 0 Å². The summed E-state index contributed by atoms with van der Waals surface area (Å²) in [4.78, 5) is 0. The normalized spacial score (nSPS) is 10.9. The summed E-state index contributed by atoms with van der Waals surface area (Å²) in [6.45, 7) is 12.1. The highest BCUT2D eigenvalue weighted by Crippen LogP contribution is 2.36. The van der Waals surface area contributed by atoms with Crippen LogP contribution in [0.5, 0.6) is 0 Å². The van der Waals surface area contributed by atoms with Crippen molar-refractivity contribution in [1.82, 2.24) is 0 Å². The van der Waals surface area contributed by atoms with Crippen LogP contribution in [-0.4, -0.2) is 0 Å². The standard InChI is InChI=1S/C18H16O.C2H6/c1-4-8-13-11-12(3)18-17(14(13)5-2)15-9-6-7-10-16(15)19-18;1-2/h4-11H,2H2,1,3H3;1-2H3/b8-4-;. The molecular weight excluding hydrogens is 256 g/mol. The Kier molecular flexibility index (Phi) is 4.64. The van der Waals surface area contributed by atoms with E-state index in [1.807, 2.05) is 45.0 Å². The molecule has 0 unspecified atom stereocenters. The molecule has 3 rings (SSSR count). The molecule has 1 aromatic heterocycles. The molecule has 0 atom stereocenters. The molecule has 2 aromatic carbocycles. The van der Waals surface area contributed by atoms with Crippen molar-refractivity contribution in [2.24, 2.45) is 0 Å². The quantitative estimate of drug-likeness (QED) is 0.515. The summed E-state index contributed by atoms with van der Waals surface area (Å²) in [5.74, 6) is 0. The molecule has 21 heavy (non-hydrogen) atoms. The summed E-state index contributed by atoms with van der Waals surface area (Å²) >= 11 is 0. The van der Waals surface area contributed by atoms with Gasteiger partial charge in [0.1, 0.15) is 11.2 Å². The molecule has 0 saturated carbocycles. The summed E-state index contributed by atoms with van der Waals surface area (Å²) in [5, 5.41) is 2.32. The number of furan rings is 1. The zero-order chi connectivity index (χ0) is 15.4. The fraction of sp³-hybridized carbons (Fsp3) is 0.200. The van der Waals surface area contributed by atoms with Gasteiger partial charge in [0.25, 0.3) is 0 Å². The van der Waals surface area contributed by atoms with Crippen LogP contribution in [0.4, 0.5) is 0 Å². The summed E-state index contributed by atoms with van der Waals surface area (Å²) in [6.07, 6.45) is 6.08. The van der Waals surface area contributed by atoms with E-state index in [4.69, 9.17) is 4.42 Å². The molecule has 0 radical (unpaired) electrons. The minimum absolute atomic E-state index is 0.932. The summed E-state index contributed by atoms with van der Waals surface area (Å²) in [6, 6.07) is 10.3. The third-order valence-electron chi connectivity index (χ3n) is 3.46. The van der Waals surface area contributed by atoms with Gasteiger partial charge in [0.2, 0.25) is 0 Å². The van der Waals surface area contributed by atoms with Crippen LogP contribution in [0.3, 0.4) is 0 Å². The molecule has 1 heterocycles. The van der Waals surface area contributed by atoms with Crippen LogP contribution in [0, 0.1) is 6.92 Å². The number of aryl methyl sites for hydroxylation is 1. The Morgan fingerprint density at radius 3 is 2.52 bits per heavy atom. The first-order chi connectivity index (χ1) is 10.3. The second kappa shape index (κ2) is 6.45. The first-order valence-electron chi connectivity index (χ1n) is 7.46. The Morgan fingerprint density at radius 1 is 1.14 bits per heavy atom. The Labute approximate surface area is 126 Å². The lowest BCUT2D eigenvalue weighted by molar-refractivity contribution is 0.665. The minimum atomic E-state index is 0.932. The fourth-order valence-electron chi connectivity index (χ4n) is 2.65. The van der Waals surface area contributed by atoms with Gasteiger partial charge in [-0.05, 0) is 42.7 Å². The van der Waals surface area contributed by atoms with E-state index in [0.29, 0.717) is 0 Å². The third kappa shape index (κ3) is 2.52. The summed E-state index contributed by atoms with van der Waals surface area (Å²) < 4.78 is 5.99. The smallest absolute Gasteiger partial charge is 0.138 e. The van der Waals surface area contributed by atoms with E-state index in [1.54, 1.807) is 0 Å². The maximum Gasteiger partial charge on any atom is 0.138 e. The van der Waals surface area contributed by atoms with Gasteiger partial charge in [-0.15, -0.1) is 0 Å². The molecule has 0 aliphatic heterocycles. The van der Waals surface area contributed by atoms with E-state index in [1.165, 1.54) is 10.9 Å². The summed E-state index contributed by atoms with van der Waals surface area (Å²) in [5.41, 5.74) is 5.38. The first kappa shape index (κ1) is 15.1. The third-order valence-corrected chi connectivity index (χ3v) is 3.46. The van der Waals surface area contributed by atoms with Crippen molar-refractivity contribution >= 4 is 34.1 Å². The topological polar surface area (TPSA) is 13.1 Å². The van der Waals surface area contributed by atoms with E-state index in [-0.39, 0.29) is 0 Å². The van der Waals surface area contributed by atoms with E-state index in [0.717, 1.165) is 27.7 Å². The fourth-order valence-corrected chi connectivity index (χ4v) is 2.65. The van der Waals surface area contributed by atoms with Crippen molar-refractivity contribution in [2.75, 3.05) is 0 Å². The van der Waals surface area contributed by atoms with Crippen LogP contribution >= 0.6 is 0 Å². The van der Waals surface area contributed by atoms with Crippen molar-refractivity contribution in [3.05, 3.63) is 59.7 Å². The van der Waals surface area contributed by atoms with Crippen LogP contribution in [0.25, 0.3) is 34.1 Å². The average Bonchev–Trinajstić information content (AvgIpc) is 2.90. The van der Waals surface area contributed by atoms with Crippen LogP contribution in [0.15, 0.2) is 47.4 Å². The van der Waals surface area contributed by atoms with Crippen molar-refractivity contribution in [3.63, 3.8) is 0 Å². The van der Waals surface area contributed by atoms with Gasteiger partial charge in [0.15, 0.2) is 0 Å². The van der Waals surface area contributed by atoms with Gasteiger partial charge in [0.05, 0.1) is 0 Å². The Hall–Kier alpha value is -2.28. The molecule has 0 amide bonds. The van der Waals surface area contributed by atoms with Gasteiger partial charge in [0, 0.05) is 10.8 Å². The lowest BCUT2D eigenvalue weighted by Gasteiger charge is -2.05. The van der Waals surface area contributed by atoms with Crippen LogP contribution in [0.2, 0.25) is 0 Å². The molecule has 3 aromatic rings. The monoisotopic (exact) mass is 278 g/mol. The minimum Gasteiger partial charge on any atom is -0.456 e. The number of para-hydroxylation sites is 1. The molecule has 0 N–H and O–H groups in total. The van der Waals surface area contributed by atoms with Crippen molar-refractivity contribution in [2.45, 2.75) is 27.7 Å². The molecule has 0 bridgehead atoms. The maximum absolute atomic E-state index is 5.99. The van der Waals surface area contributed by atoms with Crippen molar-refractivity contribution < 1.29 is 4.42 Å². The molecule has 108 valence electrons. The number of hydrogen-bond acceptors (Lipinski definition) is 1. The Balaban J connectivity index is 0.000000774. The maximum atomic E-state index is 5.99. The largest absolute Gasteiger partial charge is 0.456 e. The first-order valence-corrected chi connectivity index (χ1v) is 7.46. The van der Waals surface area contributed by atoms with E-state index in [2.05, 4.69) is 37.8 Å². The molecular formula is C20H22O. The van der Waals surface area contributed by atoms with Gasteiger partial charge >= 0.3 is 0 Å². The van der Waals surface area contributed by atoms with Crippen LogP contribution in [-0.2, 0) is 0 Å². The van der Waals surface area contributed by atoms with Crippen LogP contribution < -0.4 is 0 Å². The molecule has 1 heteroatoms. The van der Waals surface area contributed by atoms with Gasteiger partial charge in [-0.1, -0.05) is 56.9 Å². The highest BCUT2D eigenvalue weighted by Gasteiger charge is 2.14. The van der Waals surface area contributed by atoms with E-state index < -0.39 is 0 Å². The molecule has 0 saturated heterocycles. The second-order valence-corrected chi connectivity index (χ2v) is 4.70. The lowest BCUT2D eigenvalue weighted by atomic mass is 9.97. The second-order valence-electron chi connectivity index (χ2n) is 4.70. The van der Waals surface area contributed by atoms with Gasteiger partial charge in [-0.25, -0.2) is 0 Å². The SMILES string of the molecule is C=Cc1c(/C=C\C)cc(C)c2oc3ccccc3c12.CC. The van der Waals surface area contributed by atoms with Crippen molar-refractivity contribution in [1.29, 1.82) is 0 Å². The van der Waals surface area contributed by atoms with Crippen LogP contribution in [0.1, 0.15) is 37.5 Å². The predicted molar refractivity (Wildman–Crippen MR) is 94.6 cm³/mol. The zero-order valence-electron chi connectivity index (χ0n) is 13.2. The highest BCUT2D eigenvalue weighted by molar-refractivity contribution is 6.11. The zero-order valence-corrected chi connectivity index (χ0v) is 13.2. The highest BCUT2D eigenvalue weighted by atomic mass is 16.3. The molecule has 0 spiro atoms. The molecule has 1 nitrogen and oxygen atoms in total. The average molecular weight is 278 g/mol. The number of hydrogen-bond donors (Lipinski definition) is 0. The molecule has 0 fully saturated rings. The molecule has 0 aliphatic carbocycles. The van der Waals surface area contributed by atoms with E-state index in [9.17, 15) is 0 Å². The number of rotatable bonds is 2. The summed E-state index contributed by atoms with van der Waals surface area (Å²) in [7, 11) is 0. The predicted octanol–water partition coefficient (Wildman–Crippen LogP) is 6.60.